The highest BCUT2D eigenvalue weighted by Gasteiger charge is 2.61. The van der Waals surface area contributed by atoms with E-state index in [-0.39, 0.29) is 35.2 Å². The number of ether oxygens (including phenoxy) is 1. The number of carbonyl (C=O) groups is 1. The summed E-state index contributed by atoms with van der Waals surface area (Å²) < 4.78 is 75.8. The van der Waals surface area contributed by atoms with Gasteiger partial charge in [-0.3, -0.25) is 4.79 Å². The van der Waals surface area contributed by atoms with Crippen molar-refractivity contribution in [3.63, 3.8) is 0 Å². The molecule has 178 valence electrons. The maximum Gasteiger partial charge on any atom is 0.401 e. The maximum atomic E-state index is 14.2. The second kappa shape index (κ2) is 8.48. The Balaban J connectivity index is 1.31. The van der Waals surface area contributed by atoms with Crippen LogP contribution in [0.25, 0.3) is 0 Å². The molecule has 0 heterocycles. The first-order valence-electron chi connectivity index (χ1n) is 10.5. The standard InChI is InChI=1S/C21H25F3O6S2/c22-17(21(23,24)32(27,28)30-31-16-4-2-1-3-5-16)6-7-29-18(25)19-9-14-8-15(10-19)12-20(26,11-14)13-19/h1-5,14-15,17,26H,6-13H2. The second-order valence-electron chi connectivity index (χ2n) is 9.34. The summed E-state index contributed by atoms with van der Waals surface area (Å²) >= 11 is 0.188. The van der Waals surface area contributed by atoms with Gasteiger partial charge in [0.2, 0.25) is 0 Å². The molecule has 5 rings (SSSR count). The molecular formula is C21H25F3O6S2. The molecule has 0 aliphatic heterocycles. The Hall–Kier alpha value is -1.30. The number of hydrogen-bond donors (Lipinski definition) is 1. The fraction of sp³-hybridized carbons (Fsp3) is 0.667. The minimum atomic E-state index is -5.57. The Morgan fingerprint density at radius 3 is 2.41 bits per heavy atom. The molecule has 1 aromatic rings. The van der Waals surface area contributed by atoms with Crippen LogP contribution in [0.1, 0.15) is 44.9 Å². The average Bonchev–Trinajstić information content (AvgIpc) is 2.71. The Morgan fingerprint density at radius 1 is 1.19 bits per heavy atom. The molecule has 1 N–H and O–H groups in total. The van der Waals surface area contributed by atoms with Gasteiger partial charge in [0.25, 0.3) is 0 Å². The second-order valence-corrected chi connectivity index (χ2v) is 12.0. The monoisotopic (exact) mass is 494 g/mol. The van der Waals surface area contributed by atoms with Crippen LogP contribution in [-0.4, -0.2) is 43.1 Å². The van der Waals surface area contributed by atoms with Crippen LogP contribution in [0.5, 0.6) is 0 Å². The highest BCUT2D eigenvalue weighted by Crippen LogP contribution is 2.62. The van der Waals surface area contributed by atoms with E-state index < -0.39 is 51.6 Å². The molecule has 4 saturated carbocycles. The fourth-order valence-electron chi connectivity index (χ4n) is 5.79. The van der Waals surface area contributed by atoms with E-state index in [0.29, 0.717) is 25.7 Å². The average molecular weight is 495 g/mol. The SMILES string of the molecule is O=C(OCCC(F)C(F)(F)S(=O)(=O)OSc1ccccc1)C12CC3CC(CC(O)(C3)C1)C2. The van der Waals surface area contributed by atoms with Gasteiger partial charge < -0.3 is 9.84 Å². The highest BCUT2D eigenvalue weighted by atomic mass is 32.3. The van der Waals surface area contributed by atoms with Crippen LogP contribution in [0.15, 0.2) is 35.2 Å². The topological polar surface area (TPSA) is 89.9 Å². The Morgan fingerprint density at radius 2 is 1.81 bits per heavy atom. The van der Waals surface area contributed by atoms with E-state index >= 15 is 0 Å². The number of halogens is 3. The third-order valence-corrected chi connectivity index (χ3v) is 9.10. The van der Waals surface area contributed by atoms with Crippen molar-refractivity contribution in [1.29, 1.82) is 0 Å². The van der Waals surface area contributed by atoms with E-state index in [0.717, 1.165) is 6.42 Å². The van der Waals surface area contributed by atoms with Gasteiger partial charge in [0.15, 0.2) is 6.17 Å². The zero-order valence-corrected chi connectivity index (χ0v) is 18.8. The third kappa shape index (κ3) is 4.53. The summed E-state index contributed by atoms with van der Waals surface area (Å²) in [7, 11) is -5.57. The van der Waals surface area contributed by atoms with E-state index in [1.165, 1.54) is 12.1 Å². The molecule has 0 aromatic heterocycles. The third-order valence-electron chi connectivity index (χ3n) is 6.73. The molecule has 4 bridgehead atoms. The fourth-order valence-corrected chi connectivity index (χ4v) is 7.53. The first kappa shape index (κ1) is 23.8. The van der Waals surface area contributed by atoms with Gasteiger partial charge in [0.1, 0.15) is 0 Å². The molecule has 0 saturated heterocycles. The lowest BCUT2D eigenvalue weighted by atomic mass is 9.48. The molecule has 6 nitrogen and oxygen atoms in total. The minimum Gasteiger partial charge on any atom is -0.465 e. The van der Waals surface area contributed by atoms with Gasteiger partial charge in [-0.15, -0.1) is 0 Å². The Labute approximate surface area is 189 Å². The van der Waals surface area contributed by atoms with Gasteiger partial charge >= 0.3 is 21.3 Å². The van der Waals surface area contributed by atoms with Crippen LogP contribution < -0.4 is 0 Å². The van der Waals surface area contributed by atoms with Crippen molar-refractivity contribution in [2.75, 3.05) is 6.61 Å². The van der Waals surface area contributed by atoms with Gasteiger partial charge in [-0.2, -0.15) is 20.8 Å². The lowest BCUT2D eigenvalue weighted by Crippen LogP contribution is -2.58. The summed E-state index contributed by atoms with van der Waals surface area (Å²) in [5.74, 6) is -0.188. The van der Waals surface area contributed by atoms with E-state index in [9.17, 15) is 31.5 Å². The van der Waals surface area contributed by atoms with Crippen molar-refractivity contribution >= 4 is 28.1 Å². The molecule has 11 heteroatoms. The first-order valence-corrected chi connectivity index (χ1v) is 12.7. The predicted octanol–water partition coefficient (Wildman–Crippen LogP) is 4.24. The molecule has 0 spiro atoms. The minimum absolute atomic E-state index is 0.188. The number of hydrogen-bond acceptors (Lipinski definition) is 7. The van der Waals surface area contributed by atoms with Crippen molar-refractivity contribution < 1.29 is 39.9 Å². The summed E-state index contributed by atoms with van der Waals surface area (Å²) in [4.78, 5) is 13.0. The number of aliphatic hydroxyl groups is 1. The van der Waals surface area contributed by atoms with Crippen LogP contribution >= 0.6 is 12.0 Å². The zero-order valence-electron chi connectivity index (χ0n) is 17.2. The van der Waals surface area contributed by atoms with Gasteiger partial charge in [-0.1, -0.05) is 18.2 Å². The molecule has 4 aliphatic carbocycles. The summed E-state index contributed by atoms with van der Waals surface area (Å²) in [6.07, 6.45) is -0.458. The molecule has 32 heavy (non-hydrogen) atoms. The van der Waals surface area contributed by atoms with Crippen LogP contribution in [0, 0.1) is 17.3 Å². The Kier molecular flexibility index (Phi) is 6.32. The Bertz CT molecular complexity index is 942. The van der Waals surface area contributed by atoms with Gasteiger partial charge in [-0.05, 0) is 62.5 Å². The van der Waals surface area contributed by atoms with Crippen molar-refractivity contribution in [2.24, 2.45) is 17.3 Å². The molecule has 4 fully saturated rings. The summed E-state index contributed by atoms with van der Waals surface area (Å²) in [5.41, 5.74) is -1.77. The predicted molar refractivity (Wildman–Crippen MR) is 110 cm³/mol. The molecule has 1 aromatic carbocycles. The van der Waals surface area contributed by atoms with Crippen molar-refractivity contribution in [2.45, 2.75) is 66.9 Å². The van der Waals surface area contributed by atoms with Gasteiger partial charge in [-0.25, -0.2) is 4.39 Å². The smallest absolute Gasteiger partial charge is 0.401 e. The lowest BCUT2D eigenvalue weighted by Gasteiger charge is -2.58. The number of carbonyl (C=O) groups excluding carboxylic acids is 1. The molecule has 3 atom stereocenters. The largest absolute Gasteiger partial charge is 0.465 e. The number of esters is 1. The molecule has 0 radical (unpaired) electrons. The molecule has 3 unspecified atom stereocenters. The zero-order chi connectivity index (χ0) is 23.2. The van der Waals surface area contributed by atoms with E-state index in [1.54, 1.807) is 18.2 Å². The van der Waals surface area contributed by atoms with Crippen LogP contribution in [0.3, 0.4) is 0 Å². The normalized spacial score (nSPS) is 32.6. The van der Waals surface area contributed by atoms with Crippen LogP contribution in [0.2, 0.25) is 0 Å². The van der Waals surface area contributed by atoms with Crippen molar-refractivity contribution in [1.82, 2.24) is 0 Å². The summed E-state index contributed by atoms with van der Waals surface area (Å²) in [5, 5.41) is 5.90. The number of benzene rings is 1. The molecule has 0 amide bonds. The number of rotatable bonds is 9. The quantitative estimate of drug-likeness (QED) is 0.406. The molecular weight excluding hydrogens is 469 g/mol. The van der Waals surface area contributed by atoms with Crippen LogP contribution in [-0.2, 0) is 23.3 Å². The van der Waals surface area contributed by atoms with Crippen molar-refractivity contribution in [3.8, 4) is 0 Å². The van der Waals surface area contributed by atoms with Gasteiger partial charge in [0, 0.05) is 23.4 Å². The first-order chi connectivity index (χ1) is 14.9. The molecule has 4 aliphatic rings. The highest BCUT2D eigenvalue weighted by molar-refractivity contribution is 8.04. The maximum absolute atomic E-state index is 14.2. The number of alkyl halides is 3. The van der Waals surface area contributed by atoms with E-state index in [1.807, 2.05) is 0 Å². The lowest BCUT2D eigenvalue weighted by molar-refractivity contribution is -0.196. The van der Waals surface area contributed by atoms with Gasteiger partial charge in [0.05, 0.1) is 17.6 Å². The van der Waals surface area contributed by atoms with E-state index in [4.69, 9.17) is 4.74 Å². The van der Waals surface area contributed by atoms with Crippen molar-refractivity contribution in [3.05, 3.63) is 30.3 Å². The van der Waals surface area contributed by atoms with E-state index in [2.05, 4.69) is 3.63 Å². The van der Waals surface area contributed by atoms with Crippen LogP contribution in [0.4, 0.5) is 13.2 Å². The summed E-state index contributed by atoms with van der Waals surface area (Å²) in [6, 6.07) is 7.67. The summed E-state index contributed by atoms with van der Waals surface area (Å²) in [6.45, 7) is -0.688.